The van der Waals surface area contributed by atoms with Crippen molar-refractivity contribution in [3.63, 3.8) is 0 Å². The quantitative estimate of drug-likeness (QED) is 0.907. The second-order valence-corrected chi connectivity index (χ2v) is 5.39. The number of nitrogens with one attached hydrogen (secondary N) is 1. The third-order valence-electron chi connectivity index (χ3n) is 3.96. The molecule has 0 aliphatic carbocycles. The molecule has 0 radical (unpaired) electrons. The molecule has 1 aliphatic heterocycles. The van der Waals surface area contributed by atoms with E-state index in [1.54, 1.807) is 0 Å². The van der Waals surface area contributed by atoms with Crippen molar-refractivity contribution in [2.45, 2.75) is 32.1 Å². The van der Waals surface area contributed by atoms with E-state index in [-0.39, 0.29) is 0 Å². The average molecular weight is 270 g/mol. The highest BCUT2D eigenvalue weighted by Crippen LogP contribution is 2.26. The molecule has 4 heteroatoms. The van der Waals surface area contributed by atoms with Crippen LogP contribution < -0.4 is 10.2 Å². The highest BCUT2D eigenvalue weighted by atomic mass is 15.2. The Morgan fingerprint density at radius 1 is 0.950 bits per heavy atom. The summed E-state index contributed by atoms with van der Waals surface area (Å²) in [7, 11) is 1.88. The molecular formula is C16H22N4. The van der Waals surface area contributed by atoms with Crippen molar-refractivity contribution in [1.29, 1.82) is 0 Å². The molecule has 0 bridgehead atoms. The molecule has 1 aliphatic rings. The summed E-state index contributed by atoms with van der Waals surface area (Å²) in [4.78, 5) is 11.7. The molecule has 0 saturated carbocycles. The molecular weight excluding hydrogens is 248 g/mol. The Morgan fingerprint density at radius 2 is 1.65 bits per heavy atom. The van der Waals surface area contributed by atoms with E-state index in [2.05, 4.69) is 33.4 Å². The van der Waals surface area contributed by atoms with E-state index in [1.807, 2.05) is 13.1 Å². The number of benzene rings is 1. The summed E-state index contributed by atoms with van der Waals surface area (Å²) in [5.74, 6) is 1.79. The molecule has 2 heterocycles. The van der Waals surface area contributed by atoms with Gasteiger partial charge in [-0.3, -0.25) is 0 Å². The fraction of sp³-hybridized carbons (Fsp3) is 0.500. The Labute approximate surface area is 120 Å². The highest BCUT2D eigenvalue weighted by Gasteiger charge is 2.15. The van der Waals surface area contributed by atoms with Crippen LogP contribution in [0.15, 0.2) is 24.3 Å². The fourth-order valence-electron chi connectivity index (χ4n) is 2.87. The van der Waals surface area contributed by atoms with Crippen molar-refractivity contribution in [1.82, 2.24) is 9.97 Å². The first-order valence-electron chi connectivity index (χ1n) is 7.58. The summed E-state index contributed by atoms with van der Waals surface area (Å²) in [6, 6.07) is 8.29. The first-order valence-corrected chi connectivity index (χ1v) is 7.58. The number of para-hydroxylation sites is 1. The largest absolute Gasteiger partial charge is 0.357 e. The molecule has 106 valence electrons. The Bertz CT molecular complexity index is 574. The van der Waals surface area contributed by atoms with E-state index < -0.39 is 0 Å². The van der Waals surface area contributed by atoms with Crippen molar-refractivity contribution in [2.75, 3.05) is 30.4 Å². The topological polar surface area (TPSA) is 41.1 Å². The molecule has 1 aromatic carbocycles. The van der Waals surface area contributed by atoms with Crippen LogP contribution in [0.2, 0.25) is 0 Å². The molecule has 2 aromatic rings. The number of nitrogens with zero attached hydrogens (tertiary/aromatic N) is 3. The van der Waals surface area contributed by atoms with Crippen molar-refractivity contribution in [3.8, 4) is 0 Å². The summed E-state index contributed by atoms with van der Waals surface area (Å²) in [5.41, 5.74) is 1.02. The van der Waals surface area contributed by atoms with Crippen LogP contribution in [0.5, 0.6) is 0 Å². The molecule has 20 heavy (non-hydrogen) atoms. The predicted octanol–water partition coefficient (Wildman–Crippen LogP) is 3.44. The maximum absolute atomic E-state index is 4.72. The van der Waals surface area contributed by atoms with Gasteiger partial charge in [-0.25, -0.2) is 4.98 Å². The van der Waals surface area contributed by atoms with Crippen LogP contribution in [-0.2, 0) is 0 Å². The van der Waals surface area contributed by atoms with E-state index in [0.717, 1.165) is 29.8 Å². The van der Waals surface area contributed by atoms with Crippen molar-refractivity contribution < 1.29 is 0 Å². The number of rotatable bonds is 2. The van der Waals surface area contributed by atoms with Crippen LogP contribution in [0.4, 0.5) is 11.8 Å². The molecule has 1 N–H and O–H groups in total. The maximum atomic E-state index is 4.72. The van der Waals surface area contributed by atoms with Gasteiger partial charge < -0.3 is 10.2 Å². The number of fused-ring (bicyclic) bond motifs is 1. The van der Waals surface area contributed by atoms with Gasteiger partial charge in [0.25, 0.3) is 0 Å². The van der Waals surface area contributed by atoms with Crippen molar-refractivity contribution in [3.05, 3.63) is 24.3 Å². The van der Waals surface area contributed by atoms with E-state index in [4.69, 9.17) is 4.98 Å². The molecule has 0 amide bonds. The minimum atomic E-state index is 0.709. The van der Waals surface area contributed by atoms with Gasteiger partial charge in [0.1, 0.15) is 5.82 Å². The second-order valence-electron chi connectivity index (χ2n) is 5.39. The van der Waals surface area contributed by atoms with Gasteiger partial charge >= 0.3 is 0 Å². The normalized spacial score (nSPS) is 16.8. The summed E-state index contributed by atoms with van der Waals surface area (Å²) in [6.45, 7) is 2.20. The molecule has 1 fully saturated rings. The standard InChI is InChI=1S/C16H22N4/c1-17-16-18-14-10-6-5-9-13(14)15(19-16)20-11-7-3-2-4-8-12-20/h5-6,9-10H,2-4,7-8,11-12H2,1H3,(H,17,18,19). The minimum Gasteiger partial charge on any atom is -0.357 e. The smallest absolute Gasteiger partial charge is 0.224 e. The minimum absolute atomic E-state index is 0.709. The fourth-order valence-corrected chi connectivity index (χ4v) is 2.87. The van der Waals surface area contributed by atoms with E-state index in [9.17, 15) is 0 Å². The van der Waals surface area contributed by atoms with Gasteiger partial charge in [-0.15, -0.1) is 0 Å². The summed E-state index contributed by atoms with van der Waals surface area (Å²) >= 11 is 0. The van der Waals surface area contributed by atoms with Crippen LogP contribution in [-0.4, -0.2) is 30.1 Å². The molecule has 1 aromatic heterocycles. The van der Waals surface area contributed by atoms with Gasteiger partial charge in [-0.05, 0) is 25.0 Å². The lowest BCUT2D eigenvalue weighted by Gasteiger charge is -2.27. The van der Waals surface area contributed by atoms with Gasteiger partial charge in [0, 0.05) is 25.5 Å². The predicted molar refractivity (Wildman–Crippen MR) is 84.4 cm³/mol. The monoisotopic (exact) mass is 270 g/mol. The first kappa shape index (κ1) is 13.2. The molecule has 0 spiro atoms. The lowest BCUT2D eigenvalue weighted by atomic mass is 10.1. The Morgan fingerprint density at radius 3 is 2.40 bits per heavy atom. The van der Waals surface area contributed by atoms with E-state index in [0.29, 0.717) is 5.95 Å². The molecule has 1 saturated heterocycles. The lowest BCUT2D eigenvalue weighted by Crippen LogP contribution is -2.28. The van der Waals surface area contributed by atoms with E-state index in [1.165, 1.54) is 32.1 Å². The summed E-state index contributed by atoms with van der Waals surface area (Å²) < 4.78 is 0. The number of hydrogen-bond acceptors (Lipinski definition) is 4. The second kappa shape index (κ2) is 6.07. The number of anilines is 2. The van der Waals surface area contributed by atoms with Gasteiger partial charge in [0.2, 0.25) is 5.95 Å². The molecule has 3 rings (SSSR count). The zero-order valence-electron chi connectivity index (χ0n) is 12.1. The maximum Gasteiger partial charge on any atom is 0.224 e. The van der Waals surface area contributed by atoms with Gasteiger partial charge in [0.05, 0.1) is 5.52 Å². The van der Waals surface area contributed by atoms with Crippen LogP contribution in [0, 0.1) is 0 Å². The number of aromatic nitrogens is 2. The summed E-state index contributed by atoms with van der Waals surface area (Å²) in [6.07, 6.45) is 6.55. The zero-order valence-corrected chi connectivity index (χ0v) is 12.1. The first-order chi connectivity index (χ1) is 9.88. The van der Waals surface area contributed by atoms with Crippen molar-refractivity contribution >= 4 is 22.7 Å². The summed E-state index contributed by atoms with van der Waals surface area (Å²) in [5, 5.41) is 4.24. The molecule has 0 atom stereocenters. The van der Waals surface area contributed by atoms with Crippen LogP contribution in [0.1, 0.15) is 32.1 Å². The SMILES string of the molecule is CNc1nc(N2CCCCCCC2)c2ccccc2n1. The van der Waals surface area contributed by atoms with Gasteiger partial charge in [-0.1, -0.05) is 31.4 Å². The zero-order chi connectivity index (χ0) is 13.8. The lowest BCUT2D eigenvalue weighted by molar-refractivity contribution is 0.554. The average Bonchev–Trinajstić information content (AvgIpc) is 2.46. The Balaban J connectivity index is 2.03. The Kier molecular flexibility index (Phi) is 4.00. The van der Waals surface area contributed by atoms with Gasteiger partial charge in [-0.2, -0.15) is 4.98 Å². The van der Waals surface area contributed by atoms with E-state index >= 15 is 0 Å². The van der Waals surface area contributed by atoms with Crippen LogP contribution in [0.3, 0.4) is 0 Å². The Hall–Kier alpha value is -1.84. The van der Waals surface area contributed by atoms with Crippen LogP contribution in [0.25, 0.3) is 10.9 Å². The molecule has 0 unspecified atom stereocenters. The molecule has 4 nitrogen and oxygen atoms in total. The van der Waals surface area contributed by atoms with Crippen LogP contribution >= 0.6 is 0 Å². The van der Waals surface area contributed by atoms with Gasteiger partial charge in [0.15, 0.2) is 0 Å². The highest BCUT2D eigenvalue weighted by molar-refractivity contribution is 5.90. The third kappa shape index (κ3) is 2.69. The third-order valence-corrected chi connectivity index (χ3v) is 3.96. The number of hydrogen-bond donors (Lipinski definition) is 1. The van der Waals surface area contributed by atoms with Crippen molar-refractivity contribution in [2.24, 2.45) is 0 Å².